The zero-order valence-electron chi connectivity index (χ0n) is 12.8. The van der Waals surface area contributed by atoms with E-state index >= 15 is 0 Å². The molecule has 0 amide bonds. The highest BCUT2D eigenvalue weighted by Gasteiger charge is 2.25. The largest absolute Gasteiger partial charge is 0.486 e. The molecule has 138 valence electrons. The molecule has 3 rings (SSSR count). The zero-order valence-corrected chi connectivity index (χ0v) is 15.1. The van der Waals surface area contributed by atoms with Crippen LogP contribution in [0.5, 0.6) is 11.5 Å². The van der Waals surface area contributed by atoms with Crippen molar-refractivity contribution in [3.63, 3.8) is 0 Å². The van der Waals surface area contributed by atoms with E-state index in [1.165, 1.54) is 12.1 Å². The fraction of sp³-hybridized carbons (Fsp3) is 0.133. The minimum absolute atomic E-state index is 0.0227. The lowest BCUT2D eigenvalue weighted by molar-refractivity contribution is 0.0691. The summed E-state index contributed by atoms with van der Waals surface area (Å²) in [6, 6.07) is 3.95. The molecular weight excluding hydrogens is 412 g/mol. The van der Waals surface area contributed by atoms with Crippen molar-refractivity contribution >= 4 is 44.9 Å². The molecule has 7 nitrogen and oxygen atoms in total. The number of aromatic carboxylic acids is 1. The van der Waals surface area contributed by atoms with Crippen LogP contribution < -0.4 is 14.2 Å². The number of carbonyl (C=O) groups is 1. The van der Waals surface area contributed by atoms with Gasteiger partial charge >= 0.3 is 5.97 Å². The summed E-state index contributed by atoms with van der Waals surface area (Å²) < 4.78 is 51.7. The van der Waals surface area contributed by atoms with Gasteiger partial charge in [-0.3, -0.25) is 4.72 Å². The lowest BCUT2D eigenvalue weighted by Gasteiger charge is -2.20. The van der Waals surface area contributed by atoms with Gasteiger partial charge in [-0.25, -0.2) is 17.6 Å². The minimum atomic E-state index is -4.36. The fourth-order valence-corrected chi connectivity index (χ4v) is 4.11. The molecule has 0 unspecified atom stereocenters. The molecule has 11 heteroatoms. The molecule has 0 atom stereocenters. The maximum Gasteiger partial charge on any atom is 0.338 e. The highest BCUT2D eigenvalue weighted by atomic mass is 35.5. The molecule has 26 heavy (non-hydrogen) atoms. The van der Waals surface area contributed by atoms with E-state index in [9.17, 15) is 17.6 Å². The molecule has 1 aliphatic rings. The molecule has 0 bridgehead atoms. The second-order valence-corrected chi connectivity index (χ2v) is 7.61. The molecule has 0 radical (unpaired) electrons. The number of fused-ring (bicyclic) bond motifs is 1. The van der Waals surface area contributed by atoms with Crippen LogP contribution in [0.2, 0.25) is 10.0 Å². The fourth-order valence-electron chi connectivity index (χ4n) is 2.24. The number of rotatable bonds is 4. The van der Waals surface area contributed by atoms with Gasteiger partial charge in [0.25, 0.3) is 10.0 Å². The van der Waals surface area contributed by atoms with Gasteiger partial charge in [-0.05, 0) is 12.1 Å². The summed E-state index contributed by atoms with van der Waals surface area (Å²) in [5, 5.41) is 8.51. The number of carboxylic acid groups (broad SMARTS) is 1. The van der Waals surface area contributed by atoms with E-state index in [2.05, 4.69) is 4.72 Å². The van der Waals surface area contributed by atoms with Crippen LogP contribution in [-0.2, 0) is 10.0 Å². The molecule has 2 aromatic rings. The van der Waals surface area contributed by atoms with Crippen LogP contribution in [0.3, 0.4) is 0 Å². The summed E-state index contributed by atoms with van der Waals surface area (Å²) >= 11 is 11.8. The molecule has 1 heterocycles. The molecule has 2 N–H and O–H groups in total. The Hall–Kier alpha value is -2.23. The average molecular weight is 422 g/mol. The Balaban J connectivity index is 2.02. The summed E-state index contributed by atoms with van der Waals surface area (Å²) in [4.78, 5) is 10.4. The zero-order chi connectivity index (χ0) is 19.1. The standard InChI is InChI=1S/C15H10Cl2FNO6S/c16-8-5-12-13(25-2-1-24-12)6-11(8)19-26(22,23)14-3-7(15(20)21)10(18)4-9(14)17/h3-6,19H,1-2H2,(H,20,21). The second-order valence-electron chi connectivity index (χ2n) is 5.15. The Morgan fingerprint density at radius 2 is 1.69 bits per heavy atom. The third-order valence-corrected chi connectivity index (χ3v) is 5.56. The highest BCUT2D eigenvalue weighted by Crippen LogP contribution is 2.39. The molecule has 0 fully saturated rings. The summed E-state index contributed by atoms with van der Waals surface area (Å²) in [5.74, 6) is -2.14. The highest BCUT2D eigenvalue weighted by molar-refractivity contribution is 7.92. The maximum absolute atomic E-state index is 13.6. The number of ether oxygens (including phenoxy) is 2. The van der Waals surface area contributed by atoms with Crippen molar-refractivity contribution in [2.24, 2.45) is 0 Å². The van der Waals surface area contributed by atoms with Gasteiger partial charge in [0.1, 0.15) is 23.9 Å². The van der Waals surface area contributed by atoms with Crippen molar-refractivity contribution in [1.82, 2.24) is 0 Å². The van der Waals surface area contributed by atoms with Gasteiger partial charge in [0.05, 0.1) is 21.3 Å². The van der Waals surface area contributed by atoms with E-state index in [0.29, 0.717) is 24.5 Å². The first-order chi connectivity index (χ1) is 12.2. The number of anilines is 1. The third kappa shape index (κ3) is 3.50. The average Bonchev–Trinajstić information content (AvgIpc) is 2.54. The molecule has 0 aliphatic carbocycles. The van der Waals surface area contributed by atoms with E-state index in [4.69, 9.17) is 37.8 Å². The Labute approximate surface area is 157 Å². The molecule has 0 saturated heterocycles. The van der Waals surface area contributed by atoms with E-state index in [-0.39, 0.29) is 23.1 Å². The first-order valence-corrected chi connectivity index (χ1v) is 9.27. The predicted octanol–water partition coefficient (Wildman–Crippen LogP) is 3.40. The number of halogens is 3. The Bertz CT molecular complexity index is 1010. The number of hydrogen-bond donors (Lipinski definition) is 2. The van der Waals surface area contributed by atoms with Gasteiger partial charge in [0.15, 0.2) is 11.5 Å². The van der Waals surface area contributed by atoms with Crippen LogP contribution in [0.25, 0.3) is 0 Å². The number of nitrogens with one attached hydrogen (secondary N) is 1. The lowest BCUT2D eigenvalue weighted by atomic mass is 10.2. The van der Waals surface area contributed by atoms with Crippen LogP contribution >= 0.6 is 23.2 Å². The second kappa shape index (κ2) is 6.82. The predicted molar refractivity (Wildman–Crippen MR) is 91.6 cm³/mol. The Kier molecular flexibility index (Phi) is 4.87. The van der Waals surface area contributed by atoms with Crippen molar-refractivity contribution in [3.8, 4) is 11.5 Å². The summed E-state index contributed by atoms with van der Waals surface area (Å²) in [6.45, 7) is 0.615. The van der Waals surface area contributed by atoms with Gasteiger partial charge in [-0.15, -0.1) is 0 Å². The van der Waals surface area contributed by atoms with Crippen molar-refractivity contribution in [3.05, 3.63) is 45.7 Å². The van der Waals surface area contributed by atoms with Crippen LogP contribution in [0.15, 0.2) is 29.2 Å². The van der Waals surface area contributed by atoms with Crippen molar-refractivity contribution in [2.45, 2.75) is 4.90 Å². The van der Waals surface area contributed by atoms with E-state index in [1.54, 1.807) is 0 Å². The van der Waals surface area contributed by atoms with Crippen LogP contribution in [0.4, 0.5) is 10.1 Å². The molecule has 1 aliphatic heterocycles. The van der Waals surface area contributed by atoms with E-state index in [0.717, 1.165) is 0 Å². The number of carboxylic acids is 1. The Morgan fingerprint density at radius 3 is 2.31 bits per heavy atom. The SMILES string of the molecule is O=C(O)c1cc(S(=O)(=O)Nc2cc3c(cc2Cl)OCCO3)c(Cl)cc1F. The van der Waals surface area contributed by atoms with Crippen LogP contribution in [0, 0.1) is 5.82 Å². The summed E-state index contributed by atoms with van der Waals surface area (Å²) in [5.41, 5.74) is -0.865. The van der Waals surface area contributed by atoms with Crippen molar-refractivity contribution in [2.75, 3.05) is 17.9 Å². The van der Waals surface area contributed by atoms with Gasteiger partial charge in [0, 0.05) is 12.1 Å². The normalized spacial score (nSPS) is 13.3. The van der Waals surface area contributed by atoms with Crippen molar-refractivity contribution in [1.29, 1.82) is 0 Å². The summed E-state index contributed by atoms with van der Waals surface area (Å²) in [7, 11) is -4.36. The van der Waals surface area contributed by atoms with E-state index < -0.39 is 37.3 Å². The van der Waals surface area contributed by atoms with Gasteiger partial charge in [0.2, 0.25) is 0 Å². The minimum Gasteiger partial charge on any atom is -0.486 e. The van der Waals surface area contributed by atoms with E-state index in [1.807, 2.05) is 0 Å². The van der Waals surface area contributed by atoms with Crippen molar-refractivity contribution < 1.29 is 32.2 Å². The maximum atomic E-state index is 13.6. The van der Waals surface area contributed by atoms with Gasteiger partial charge < -0.3 is 14.6 Å². The van der Waals surface area contributed by atoms with Gasteiger partial charge in [-0.2, -0.15) is 0 Å². The number of hydrogen-bond acceptors (Lipinski definition) is 5. The first-order valence-electron chi connectivity index (χ1n) is 7.03. The van der Waals surface area contributed by atoms with Crippen LogP contribution in [-0.4, -0.2) is 32.7 Å². The summed E-state index contributed by atoms with van der Waals surface area (Å²) in [6.07, 6.45) is 0. The quantitative estimate of drug-likeness (QED) is 0.783. The first kappa shape index (κ1) is 18.6. The monoisotopic (exact) mass is 421 g/mol. The van der Waals surface area contributed by atoms with Gasteiger partial charge in [-0.1, -0.05) is 23.2 Å². The number of benzene rings is 2. The topological polar surface area (TPSA) is 102 Å². The smallest absolute Gasteiger partial charge is 0.338 e. The van der Waals surface area contributed by atoms with Crippen LogP contribution in [0.1, 0.15) is 10.4 Å². The molecule has 0 saturated carbocycles. The molecular formula is C15H10Cl2FNO6S. The molecule has 0 spiro atoms. The third-order valence-electron chi connectivity index (χ3n) is 3.42. The number of sulfonamides is 1. The molecule has 2 aromatic carbocycles. The molecule has 0 aromatic heterocycles. The Morgan fingerprint density at radius 1 is 1.08 bits per heavy atom. The lowest BCUT2D eigenvalue weighted by Crippen LogP contribution is -2.18.